The summed E-state index contributed by atoms with van der Waals surface area (Å²) in [6.07, 6.45) is 0. The van der Waals surface area contributed by atoms with E-state index >= 15 is 0 Å². The molecule has 1 amide bonds. The summed E-state index contributed by atoms with van der Waals surface area (Å²) in [7, 11) is 0. The van der Waals surface area contributed by atoms with Crippen LogP contribution in [0.15, 0.2) is 36.1 Å². The number of hydrogen-bond donors (Lipinski definition) is 2. The lowest BCUT2D eigenvalue weighted by atomic mass is 10.3. The number of nitrogen functional groups attached to an aromatic ring is 1. The van der Waals surface area contributed by atoms with Gasteiger partial charge in [0.15, 0.2) is 11.5 Å². The Morgan fingerprint density at radius 3 is 2.55 bits per heavy atom. The summed E-state index contributed by atoms with van der Waals surface area (Å²) in [5.74, 6) is 5.51. The second-order valence-electron chi connectivity index (χ2n) is 3.64. The van der Waals surface area contributed by atoms with Gasteiger partial charge in [-0.3, -0.25) is 10.2 Å². The molecule has 0 radical (unpaired) electrons. The van der Waals surface area contributed by atoms with Gasteiger partial charge >= 0.3 is 0 Å². The molecular formula is C11H8Br3N3O3. The van der Waals surface area contributed by atoms with Crippen molar-refractivity contribution < 1.29 is 14.1 Å². The topological polar surface area (TPSA) is 90.4 Å². The molecule has 0 atom stereocenters. The highest BCUT2D eigenvalue weighted by atomic mass is 79.9. The summed E-state index contributed by atoms with van der Waals surface area (Å²) < 4.78 is 13.1. The summed E-state index contributed by atoms with van der Waals surface area (Å²) in [6.45, 7) is 0.129. The summed E-state index contributed by atoms with van der Waals surface area (Å²) in [5, 5.41) is 3.58. The van der Waals surface area contributed by atoms with Crippen LogP contribution in [-0.2, 0) is 6.61 Å². The van der Waals surface area contributed by atoms with Gasteiger partial charge in [0, 0.05) is 10.5 Å². The van der Waals surface area contributed by atoms with Gasteiger partial charge in [-0.2, -0.15) is 0 Å². The molecule has 9 heteroatoms. The van der Waals surface area contributed by atoms with Gasteiger partial charge in [0.05, 0.1) is 8.95 Å². The van der Waals surface area contributed by atoms with Gasteiger partial charge in [-0.05, 0) is 44.0 Å². The van der Waals surface area contributed by atoms with Crippen LogP contribution in [0.4, 0.5) is 0 Å². The van der Waals surface area contributed by atoms with Crippen LogP contribution >= 0.6 is 47.8 Å². The van der Waals surface area contributed by atoms with Gasteiger partial charge in [0.2, 0.25) is 0 Å². The van der Waals surface area contributed by atoms with E-state index in [1.807, 2.05) is 17.6 Å². The van der Waals surface area contributed by atoms with Crippen LogP contribution in [0, 0.1) is 0 Å². The van der Waals surface area contributed by atoms with Crippen molar-refractivity contribution in [3.05, 3.63) is 43.1 Å². The fraction of sp³-hybridized carbons (Fsp3) is 0.0909. The number of hydrogen-bond acceptors (Lipinski definition) is 5. The number of amides is 1. The molecule has 0 aliphatic heterocycles. The van der Waals surface area contributed by atoms with Gasteiger partial charge < -0.3 is 9.26 Å². The van der Waals surface area contributed by atoms with Gasteiger partial charge in [-0.25, -0.2) is 5.84 Å². The zero-order chi connectivity index (χ0) is 14.7. The van der Waals surface area contributed by atoms with Crippen molar-refractivity contribution in [1.82, 2.24) is 10.6 Å². The van der Waals surface area contributed by atoms with Crippen molar-refractivity contribution in [3.63, 3.8) is 0 Å². The SMILES string of the molecule is NNC(=O)c1cc(COc2c(Br)cc(Br)cc2Br)on1. The van der Waals surface area contributed by atoms with E-state index in [0.717, 1.165) is 13.4 Å². The maximum atomic E-state index is 11.2. The summed E-state index contributed by atoms with van der Waals surface area (Å²) >= 11 is 10.2. The lowest BCUT2D eigenvalue weighted by Gasteiger charge is -2.09. The van der Waals surface area contributed by atoms with E-state index in [0.29, 0.717) is 11.5 Å². The Labute approximate surface area is 139 Å². The molecule has 0 saturated heterocycles. The van der Waals surface area contributed by atoms with Crippen molar-refractivity contribution in [2.45, 2.75) is 6.61 Å². The minimum absolute atomic E-state index is 0.0973. The molecule has 6 nitrogen and oxygen atoms in total. The predicted octanol–water partition coefficient (Wildman–Crippen LogP) is 3.14. The van der Waals surface area contributed by atoms with Crippen molar-refractivity contribution in [3.8, 4) is 5.75 Å². The van der Waals surface area contributed by atoms with Gasteiger partial charge in [0.25, 0.3) is 5.91 Å². The number of rotatable bonds is 4. The molecule has 0 bridgehead atoms. The number of carbonyl (C=O) groups excluding carboxylic acids is 1. The minimum Gasteiger partial charge on any atom is -0.483 e. The first kappa shape index (κ1) is 15.5. The summed E-state index contributed by atoms with van der Waals surface area (Å²) in [5.41, 5.74) is 2.07. The van der Waals surface area contributed by atoms with E-state index in [4.69, 9.17) is 15.1 Å². The lowest BCUT2D eigenvalue weighted by molar-refractivity contribution is 0.0944. The molecule has 1 heterocycles. The predicted molar refractivity (Wildman–Crippen MR) is 82.0 cm³/mol. The standard InChI is InChI=1S/C11H8Br3N3O3/c12-5-1-7(13)10(8(14)2-5)19-4-6-3-9(17-20-6)11(18)16-15/h1-3H,4,15H2,(H,16,18). The van der Waals surface area contributed by atoms with E-state index < -0.39 is 5.91 Å². The third-order valence-electron chi connectivity index (χ3n) is 2.24. The highest BCUT2D eigenvalue weighted by Gasteiger charge is 2.13. The fourth-order valence-electron chi connectivity index (χ4n) is 1.37. The van der Waals surface area contributed by atoms with E-state index in [1.165, 1.54) is 6.07 Å². The van der Waals surface area contributed by atoms with Crippen LogP contribution in [0.1, 0.15) is 16.2 Å². The number of halogens is 3. The van der Waals surface area contributed by atoms with Crippen LogP contribution in [0.3, 0.4) is 0 Å². The van der Waals surface area contributed by atoms with Crippen molar-refractivity contribution in [2.24, 2.45) is 5.84 Å². The van der Waals surface area contributed by atoms with Crippen molar-refractivity contribution in [2.75, 3.05) is 0 Å². The Kier molecular flexibility index (Phi) is 5.19. The van der Waals surface area contributed by atoms with E-state index in [-0.39, 0.29) is 12.3 Å². The number of nitrogens with zero attached hydrogens (tertiary/aromatic N) is 1. The summed E-state index contributed by atoms with van der Waals surface area (Å²) in [4.78, 5) is 11.2. The van der Waals surface area contributed by atoms with Gasteiger partial charge in [0.1, 0.15) is 12.4 Å². The number of carbonyl (C=O) groups is 1. The third kappa shape index (κ3) is 3.60. The van der Waals surface area contributed by atoms with Crippen LogP contribution < -0.4 is 16.0 Å². The minimum atomic E-state index is -0.522. The van der Waals surface area contributed by atoms with E-state index in [9.17, 15) is 4.79 Å². The summed E-state index contributed by atoms with van der Waals surface area (Å²) in [6, 6.07) is 5.17. The Bertz CT molecular complexity index is 622. The largest absolute Gasteiger partial charge is 0.483 e. The zero-order valence-electron chi connectivity index (χ0n) is 9.82. The number of hydrazine groups is 1. The number of nitrogens with one attached hydrogen (secondary N) is 1. The first-order valence-electron chi connectivity index (χ1n) is 5.25. The van der Waals surface area contributed by atoms with Crippen molar-refractivity contribution >= 4 is 53.7 Å². The molecular weight excluding hydrogens is 462 g/mol. The molecule has 0 saturated carbocycles. The number of benzene rings is 1. The molecule has 0 spiro atoms. The first-order chi connectivity index (χ1) is 9.51. The Balaban J connectivity index is 2.09. The molecule has 0 unspecified atom stereocenters. The van der Waals surface area contributed by atoms with Crippen LogP contribution in [-0.4, -0.2) is 11.1 Å². The maximum Gasteiger partial charge on any atom is 0.287 e. The Morgan fingerprint density at radius 2 is 1.95 bits per heavy atom. The fourth-order valence-corrected chi connectivity index (χ4v) is 3.86. The van der Waals surface area contributed by atoms with E-state index in [1.54, 1.807) is 0 Å². The smallest absolute Gasteiger partial charge is 0.287 e. The molecule has 0 aliphatic carbocycles. The zero-order valence-corrected chi connectivity index (χ0v) is 14.6. The highest BCUT2D eigenvalue weighted by molar-refractivity contribution is 9.11. The molecule has 1 aromatic heterocycles. The average molecular weight is 470 g/mol. The molecule has 2 rings (SSSR count). The highest BCUT2D eigenvalue weighted by Crippen LogP contribution is 2.36. The molecule has 106 valence electrons. The van der Waals surface area contributed by atoms with Gasteiger partial charge in [-0.15, -0.1) is 0 Å². The first-order valence-corrected chi connectivity index (χ1v) is 7.63. The molecule has 2 aromatic rings. The molecule has 0 fully saturated rings. The molecule has 20 heavy (non-hydrogen) atoms. The Morgan fingerprint density at radius 1 is 1.30 bits per heavy atom. The maximum absolute atomic E-state index is 11.2. The van der Waals surface area contributed by atoms with Crippen LogP contribution in [0.5, 0.6) is 5.75 Å². The molecule has 1 aromatic carbocycles. The van der Waals surface area contributed by atoms with Gasteiger partial charge in [-0.1, -0.05) is 21.1 Å². The number of nitrogens with two attached hydrogens (primary N) is 1. The molecule has 3 N–H and O–H groups in total. The van der Waals surface area contributed by atoms with Crippen LogP contribution in [0.2, 0.25) is 0 Å². The number of aromatic nitrogens is 1. The monoisotopic (exact) mass is 467 g/mol. The number of ether oxygens (including phenoxy) is 1. The quantitative estimate of drug-likeness (QED) is 0.408. The average Bonchev–Trinajstić information content (AvgIpc) is 2.85. The van der Waals surface area contributed by atoms with Crippen molar-refractivity contribution in [1.29, 1.82) is 0 Å². The molecule has 0 aliphatic rings. The Hall–Kier alpha value is -0.900. The normalized spacial score (nSPS) is 10.4. The van der Waals surface area contributed by atoms with Crippen LogP contribution in [0.25, 0.3) is 0 Å². The lowest BCUT2D eigenvalue weighted by Crippen LogP contribution is -2.30. The second-order valence-corrected chi connectivity index (χ2v) is 6.26. The second kappa shape index (κ2) is 6.70. The van der Waals surface area contributed by atoms with E-state index in [2.05, 4.69) is 52.9 Å². The third-order valence-corrected chi connectivity index (χ3v) is 3.88.